The summed E-state index contributed by atoms with van der Waals surface area (Å²) < 4.78 is 13.2. The highest BCUT2D eigenvalue weighted by molar-refractivity contribution is 6.31. The Morgan fingerprint density at radius 2 is 1.89 bits per heavy atom. The van der Waals surface area contributed by atoms with Crippen LogP contribution in [0.2, 0.25) is 5.02 Å². The molecule has 2 rings (SSSR count). The van der Waals surface area contributed by atoms with Gasteiger partial charge in [-0.3, -0.25) is 0 Å². The summed E-state index contributed by atoms with van der Waals surface area (Å²) in [5.74, 6) is -0.389. The monoisotopic (exact) mass is 278 g/mol. The zero-order valence-electron chi connectivity index (χ0n) is 11.0. The first-order chi connectivity index (χ1) is 8.97. The maximum Gasteiger partial charge on any atom is 0.123 e. The van der Waals surface area contributed by atoms with Gasteiger partial charge in [-0.1, -0.05) is 35.4 Å². The molecule has 1 nitrogen and oxygen atoms in total. The second kappa shape index (κ2) is 5.72. The Kier molecular flexibility index (Phi) is 4.23. The molecule has 0 radical (unpaired) electrons. The molecule has 0 aliphatic heterocycles. The molecule has 0 fully saturated rings. The van der Waals surface area contributed by atoms with Crippen molar-refractivity contribution in [3.63, 3.8) is 0 Å². The summed E-state index contributed by atoms with van der Waals surface area (Å²) in [5, 5.41) is 10.6. The molecule has 0 saturated carbocycles. The van der Waals surface area contributed by atoms with E-state index < -0.39 is 6.10 Å². The third-order valence-corrected chi connectivity index (χ3v) is 3.58. The Morgan fingerprint density at radius 1 is 1.16 bits per heavy atom. The van der Waals surface area contributed by atoms with E-state index in [0.717, 1.165) is 16.7 Å². The third kappa shape index (κ3) is 3.34. The van der Waals surface area contributed by atoms with Gasteiger partial charge in [0.05, 0.1) is 6.10 Å². The molecule has 0 aliphatic carbocycles. The standard InChI is InChI=1S/C16H16ClFO/c1-10-3-4-11(2)12(7-10)8-16(19)14-9-13(18)5-6-15(14)17/h3-7,9,16,19H,8H2,1-2H3. The lowest BCUT2D eigenvalue weighted by molar-refractivity contribution is 0.178. The van der Waals surface area contributed by atoms with Gasteiger partial charge in [0.25, 0.3) is 0 Å². The second-order valence-corrected chi connectivity index (χ2v) is 5.22. The predicted molar refractivity (Wildman–Crippen MR) is 76.0 cm³/mol. The number of rotatable bonds is 3. The van der Waals surface area contributed by atoms with E-state index in [1.165, 1.54) is 18.2 Å². The molecule has 0 bridgehead atoms. The number of aliphatic hydroxyl groups is 1. The van der Waals surface area contributed by atoms with Crippen LogP contribution in [-0.4, -0.2) is 5.11 Å². The number of benzene rings is 2. The van der Waals surface area contributed by atoms with Gasteiger partial charge in [0.1, 0.15) is 5.82 Å². The molecule has 1 unspecified atom stereocenters. The fourth-order valence-electron chi connectivity index (χ4n) is 2.11. The molecule has 0 saturated heterocycles. The summed E-state index contributed by atoms with van der Waals surface area (Å²) in [4.78, 5) is 0. The fraction of sp³-hybridized carbons (Fsp3) is 0.250. The molecule has 1 N–H and O–H groups in total. The normalized spacial score (nSPS) is 12.5. The Morgan fingerprint density at radius 3 is 2.63 bits per heavy atom. The highest BCUT2D eigenvalue weighted by Crippen LogP contribution is 2.27. The fourth-order valence-corrected chi connectivity index (χ4v) is 2.35. The quantitative estimate of drug-likeness (QED) is 0.884. The molecular weight excluding hydrogens is 263 g/mol. The van der Waals surface area contributed by atoms with E-state index in [4.69, 9.17) is 11.6 Å². The number of aryl methyl sites for hydroxylation is 2. The number of halogens is 2. The Hall–Kier alpha value is -1.38. The van der Waals surface area contributed by atoms with Crippen LogP contribution in [0.15, 0.2) is 36.4 Å². The molecule has 3 heteroatoms. The third-order valence-electron chi connectivity index (χ3n) is 3.23. The zero-order valence-corrected chi connectivity index (χ0v) is 11.7. The molecular formula is C16H16ClFO. The van der Waals surface area contributed by atoms with E-state index in [2.05, 4.69) is 0 Å². The van der Waals surface area contributed by atoms with Gasteiger partial charge in [0.2, 0.25) is 0 Å². The first-order valence-electron chi connectivity index (χ1n) is 6.16. The summed E-state index contributed by atoms with van der Waals surface area (Å²) >= 11 is 6.00. The van der Waals surface area contributed by atoms with Crippen LogP contribution in [0, 0.1) is 19.7 Å². The summed E-state index contributed by atoms with van der Waals surface area (Å²) in [5.41, 5.74) is 3.73. The molecule has 2 aromatic carbocycles. The van der Waals surface area contributed by atoms with E-state index in [1.807, 2.05) is 32.0 Å². The minimum absolute atomic E-state index is 0.388. The van der Waals surface area contributed by atoms with Crippen molar-refractivity contribution in [1.82, 2.24) is 0 Å². The lowest BCUT2D eigenvalue weighted by atomic mass is 9.96. The van der Waals surface area contributed by atoms with Crippen LogP contribution >= 0.6 is 11.6 Å². The molecule has 0 heterocycles. The van der Waals surface area contributed by atoms with Crippen molar-refractivity contribution in [2.45, 2.75) is 26.4 Å². The second-order valence-electron chi connectivity index (χ2n) is 4.82. The highest BCUT2D eigenvalue weighted by atomic mass is 35.5. The molecule has 0 spiro atoms. The zero-order chi connectivity index (χ0) is 14.0. The van der Waals surface area contributed by atoms with Gasteiger partial charge in [-0.25, -0.2) is 4.39 Å². The topological polar surface area (TPSA) is 20.2 Å². The summed E-state index contributed by atoms with van der Waals surface area (Å²) in [6.45, 7) is 4.00. The van der Waals surface area contributed by atoms with Gasteiger partial charge in [-0.05, 0) is 43.2 Å². The van der Waals surface area contributed by atoms with Gasteiger partial charge in [0.15, 0.2) is 0 Å². The van der Waals surface area contributed by atoms with Crippen LogP contribution in [0.4, 0.5) is 4.39 Å². The average Bonchev–Trinajstić information content (AvgIpc) is 2.36. The lowest BCUT2D eigenvalue weighted by Crippen LogP contribution is -2.04. The van der Waals surface area contributed by atoms with Crippen molar-refractivity contribution >= 4 is 11.6 Å². The average molecular weight is 279 g/mol. The van der Waals surface area contributed by atoms with Crippen molar-refractivity contribution in [2.24, 2.45) is 0 Å². The van der Waals surface area contributed by atoms with Crippen molar-refractivity contribution in [3.8, 4) is 0 Å². The molecule has 2 aromatic rings. The van der Waals surface area contributed by atoms with Crippen LogP contribution in [0.25, 0.3) is 0 Å². The molecule has 0 aromatic heterocycles. The van der Waals surface area contributed by atoms with Crippen LogP contribution in [0.5, 0.6) is 0 Å². The van der Waals surface area contributed by atoms with Gasteiger partial charge in [-0.15, -0.1) is 0 Å². The molecule has 0 aliphatic rings. The van der Waals surface area contributed by atoms with E-state index in [9.17, 15) is 9.50 Å². The van der Waals surface area contributed by atoms with Crippen LogP contribution < -0.4 is 0 Å². The minimum atomic E-state index is -0.802. The van der Waals surface area contributed by atoms with Crippen LogP contribution in [0.1, 0.15) is 28.4 Å². The Labute approximate surface area is 117 Å². The SMILES string of the molecule is Cc1ccc(C)c(CC(O)c2cc(F)ccc2Cl)c1. The first-order valence-corrected chi connectivity index (χ1v) is 6.54. The van der Waals surface area contributed by atoms with Crippen LogP contribution in [0.3, 0.4) is 0 Å². The van der Waals surface area contributed by atoms with Crippen molar-refractivity contribution in [3.05, 3.63) is 69.5 Å². The van der Waals surface area contributed by atoms with E-state index in [1.54, 1.807) is 0 Å². The van der Waals surface area contributed by atoms with Crippen molar-refractivity contribution < 1.29 is 9.50 Å². The minimum Gasteiger partial charge on any atom is -0.388 e. The van der Waals surface area contributed by atoms with E-state index >= 15 is 0 Å². The largest absolute Gasteiger partial charge is 0.388 e. The number of hydrogen-bond donors (Lipinski definition) is 1. The molecule has 0 amide bonds. The lowest BCUT2D eigenvalue weighted by Gasteiger charge is -2.15. The summed E-state index contributed by atoms with van der Waals surface area (Å²) in [6.07, 6.45) is -0.375. The van der Waals surface area contributed by atoms with Crippen molar-refractivity contribution in [2.75, 3.05) is 0 Å². The van der Waals surface area contributed by atoms with Gasteiger partial charge >= 0.3 is 0 Å². The number of hydrogen-bond acceptors (Lipinski definition) is 1. The summed E-state index contributed by atoms with van der Waals surface area (Å²) in [6, 6.07) is 10.1. The first kappa shape index (κ1) is 14.0. The van der Waals surface area contributed by atoms with Crippen molar-refractivity contribution in [1.29, 1.82) is 0 Å². The molecule has 19 heavy (non-hydrogen) atoms. The Balaban J connectivity index is 2.27. The van der Waals surface area contributed by atoms with E-state index in [-0.39, 0.29) is 5.82 Å². The smallest absolute Gasteiger partial charge is 0.123 e. The van der Waals surface area contributed by atoms with Gasteiger partial charge in [0, 0.05) is 17.0 Å². The molecule has 100 valence electrons. The predicted octanol–water partition coefficient (Wildman–Crippen LogP) is 4.37. The summed E-state index contributed by atoms with van der Waals surface area (Å²) in [7, 11) is 0. The van der Waals surface area contributed by atoms with Crippen LogP contribution in [-0.2, 0) is 6.42 Å². The molecule has 1 atom stereocenters. The Bertz CT molecular complexity index is 595. The highest BCUT2D eigenvalue weighted by Gasteiger charge is 2.14. The van der Waals surface area contributed by atoms with Gasteiger partial charge < -0.3 is 5.11 Å². The van der Waals surface area contributed by atoms with Gasteiger partial charge in [-0.2, -0.15) is 0 Å². The maximum atomic E-state index is 13.2. The van der Waals surface area contributed by atoms with E-state index in [0.29, 0.717) is 17.0 Å². The number of aliphatic hydroxyl groups excluding tert-OH is 1. The maximum absolute atomic E-state index is 13.2.